The Morgan fingerprint density at radius 1 is 1.00 bits per heavy atom. The van der Waals surface area contributed by atoms with E-state index in [9.17, 15) is 9.59 Å². The Morgan fingerprint density at radius 3 is 1.74 bits per heavy atom. The lowest BCUT2D eigenvalue weighted by atomic mass is 9.98. The van der Waals surface area contributed by atoms with Crippen molar-refractivity contribution in [3.63, 3.8) is 0 Å². The fraction of sp³-hybridized carbons (Fsp3) is 0.857. The topological polar surface area (TPSA) is 49.9 Å². The molecule has 0 N–H and O–H groups in total. The molecule has 0 bridgehead atoms. The zero-order valence-corrected chi connectivity index (χ0v) is 12.5. The van der Waals surface area contributed by atoms with Crippen LogP contribution in [0.5, 0.6) is 0 Å². The van der Waals surface area contributed by atoms with Gasteiger partial charge in [-0.1, -0.05) is 13.8 Å². The molecular weight excluding hydrogens is 244 g/mol. The van der Waals surface area contributed by atoms with Gasteiger partial charge < -0.3 is 14.5 Å². The molecule has 2 heterocycles. The Bertz CT molecular complexity index is 308. The monoisotopic (exact) mass is 270 g/mol. The van der Waals surface area contributed by atoms with Crippen molar-refractivity contribution in [2.24, 2.45) is 11.8 Å². The maximum absolute atomic E-state index is 10.8. The van der Waals surface area contributed by atoms with E-state index in [1.54, 1.807) is 11.8 Å². The van der Waals surface area contributed by atoms with E-state index in [0.29, 0.717) is 5.92 Å². The number of hydrogen-bond donors (Lipinski definition) is 0. The molecule has 2 aliphatic rings. The average molecular weight is 270 g/mol. The van der Waals surface area contributed by atoms with Gasteiger partial charge in [-0.2, -0.15) is 0 Å². The van der Waals surface area contributed by atoms with Crippen molar-refractivity contribution in [3.05, 3.63) is 0 Å². The largest absolute Gasteiger partial charge is 0.453 e. The maximum atomic E-state index is 10.8. The van der Waals surface area contributed by atoms with E-state index in [4.69, 9.17) is 0 Å². The van der Waals surface area contributed by atoms with Gasteiger partial charge in [0.25, 0.3) is 0 Å². The molecule has 0 unspecified atom stereocenters. The van der Waals surface area contributed by atoms with Crippen LogP contribution in [-0.4, -0.2) is 55.1 Å². The van der Waals surface area contributed by atoms with E-state index in [1.807, 2.05) is 4.90 Å². The van der Waals surface area contributed by atoms with Gasteiger partial charge in [-0.15, -0.1) is 0 Å². The highest BCUT2D eigenvalue weighted by molar-refractivity contribution is 5.74. The summed E-state index contributed by atoms with van der Waals surface area (Å²) in [4.78, 5) is 25.0. The second kappa shape index (κ2) is 7.36. The van der Waals surface area contributed by atoms with Gasteiger partial charge in [0.1, 0.15) is 0 Å². The summed E-state index contributed by atoms with van der Waals surface area (Å²) in [6, 6.07) is 0. The maximum Gasteiger partial charge on any atom is 0.409 e. The number of carbonyl (C=O) groups excluding carboxylic acids is 2. The van der Waals surface area contributed by atoms with Crippen molar-refractivity contribution in [1.82, 2.24) is 9.80 Å². The minimum absolute atomic E-state index is 0.190. The van der Waals surface area contributed by atoms with Gasteiger partial charge in [-0.05, 0) is 24.7 Å². The summed E-state index contributed by atoms with van der Waals surface area (Å²) in [7, 11) is 1.42. The summed E-state index contributed by atoms with van der Waals surface area (Å²) >= 11 is 0. The number of hydrogen-bond acceptors (Lipinski definition) is 3. The van der Waals surface area contributed by atoms with Crippen LogP contribution in [0.2, 0.25) is 0 Å². The Hall–Kier alpha value is -1.26. The van der Waals surface area contributed by atoms with Crippen LogP contribution in [0.25, 0.3) is 0 Å². The van der Waals surface area contributed by atoms with Crippen molar-refractivity contribution in [2.75, 3.05) is 33.3 Å². The third-order valence-corrected chi connectivity index (χ3v) is 3.95. The molecule has 0 atom stereocenters. The lowest BCUT2D eigenvalue weighted by molar-refractivity contribution is -0.135. The van der Waals surface area contributed by atoms with Gasteiger partial charge >= 0.3 is 6.09 Å². The zero-order valence-electron chi connectivity index (χ0n) is 12.5. The highest BCUT2D eigenvalue weighted by Gasteiger charge is 2.29. The molecule has 0 radical (unpaired) electrons. The number of amides is 2. The van der Waals surface area contributed by atoms with Crippen LogP contribution in [0.15, 0.2) is 0 Å². The van der Waals surface area contributed by atoms with Crippen LogP contribution < -0.4 is 0 Å². The zero-order chi connectivity index (χ0) is 14.4. The fourth-order valence-corrected chi connectivity index (χ4v) is 2.19. The van der Waals surface area contributed by atoms with E-state index in [-0.39, 0.29) is 12.0 Å². The quantitative estimate of drug-likeness (QED) is 0.771. The number of carbonyl (C=O) groups is 2. The van der Waals surface area contributed by atoms with E-state index >= 15 is 0 Å². The Kier molecular flexibility index (Phi) is 6.12. The Balaban J connectivity index is 0.000000191. The van der Waals surface area contributed by atoms with Gasteiger partial charge in [0.2, 0.25) is 5.91 Å². The fourth-order valence-electron chi connectivity index (χ4n) is 2.19. The predicted octanol–water partition coefficient (Wildman–Crippen LogP) is 1.97. The molecule has 0 saturated carbocycles. The van der Waals surface area contributed by atoms with Crippen LogP contribution in [0.3, 0.4) is 0 Å². The molecule has 0 aromatic heterocycles. The van der Waals surface area contributed by atoms with Crippen molar-refractivity contribution in [1.29, 1.82) is 0 Å². The van der Waals surface area contributed by atoms with Gasteiger partial charge in [0.05, 0.1) is 7.11 Å². The Labute approximate surface area is 115 Å². The number of rotatable bonds is 2. The molecule has 0 aliphatic carbocycles. The third kappa shape index (κ3) is 4.40. The highest BCUT2D eigenvalue weighted by atomic mass is 16.5. The molecule has 5 nitrogen and oxygen atoms in total. The van der Waals surface area contributed by atoms with Crippen LogP contribution in [0.4, 0.5) is 4.79 Å². The minimum atomic E-state index is -0.190. The van der Waals surface area contributed by atoms with Crippen molar-refractivity contribution < 1.29 is 14.3 Å². The smallest absolute Gasteiger partial charge is 0.409 e. The first kappa shape index (κ1) is 15.8. The molecule has 0 aromatic rings. The van der Waals surface area contributed by atoms with E-state index in [0.717, 1.165) is 38.5 Å². The molecule has 2 rings (SSSR count). The lowest BCUT2D eigenvalue weighted by Gasteiger charge is -2.38. The van der Waals surface area contributed by atoms with Gasteiger partial charge in [0, 0.05) is 33.1 Å². The lowest BCUT2D eigenvalue weighted by Crippen LogP contribution is -2.49. The van der Waals surface area contributed by atoms with Gasteiger partial charge in [0.15, 0.2) is 0 Å². The van der Waals surface area contributed by atoms with Crippen LogP contribution in [0, 0.1) is 11.8 Å². The summed E-state index contributed by atoms with van der Waals surface area (Å²) in [6.45, 7) is 9.68. The third-order valence-electron chi connectivity index (χ3n) is 3.95. The van der Waals surface area contributed by atoms with Crippen LogP contribution in [0.1, 0.15) is 33.6 Å². The second-order valence-electron chi connectivity index (χ2n) is 5.35. The summed E-state index contributed by atoms with van der Waals surface area (Å²) in [5, 5.41) is 0. The van der Waals surface area contributed by atoms with E-state index in [1.165, 1.54) is 13.5 Å². The minimum Gasteiger partial charge on any atom is -0.453 e. The molecule has 5 heteroatoms. The molecule has 2 aliphatic heterocycles. The Morgan fingerprint density at radius 2 is 1.42 bits per heavy atom. The van der Waals surface area contributed by atoms with Crippen LogP contribution >= 0.6 is 0 Å². The van der Waals surface area contributed by atoms with Gasteiger partial charge in [-0.25, -0.2) is 4.79 Å². The summed E-state index contributed by atoms with van der Waals surface area (Å²) in [5.74, 6) is 1.72. The molecule has 110 valence electrons. The van der Waals surface area contributed by atoms with E-state index in [2.05, 4.69) is 18.6 Å². The normalized spacial score (nSPS) is 18.9. The standard InChI is InChI=1S/C7H13NO2.C7H13NO/c1-3-6-4-8(5-6)7(9)10-2;1-3-7-4-8(5-7)6(2)9/h6H,3-5H2,1-2H3;7H,3-5H2,1-2H3. The van der Waals surface area contributed by atoms with Crippen LogP contribution in [-0.2, 0) is 9.53 Å². The van der Waals surface area contributed by atoms with Crippen molar-refractivity contribution in [2.45, 2.75) is 33.6 Å². The molecule has 2 saturated heterocycles. The van der Waals surface area contributed by atoms with Crippen molar-refractivity contribution in [3.8, 4) is 0 Å². The SMILES string of the molecule is CCC1CN(C(=O)OC)C1.CCC1CN(C(C)=O)C1. The molecule has 0 aromatic carbocycles. The predicted molar refractivity (Wildman–Crippen MR) is 73.8 cm³/mol. The number of likely N-dealkylation sites (tertiary alicyclic amines) is 2. The molecule has 2 amide bonds. The summed E-state index contributed by atoms with van der Waals surface area (Å²) < 4.78 is 4.53. The summed E-state index contributed by atoms with van der Waals surface area (Å²) in [5.41, 5.74) is 0. The molecular formula is C14H26N2O3. The molecule has 0 spiro atoms. The molecule has 19 heavy (non-hydrogen) atoms. The first-order chi connectivity index (χ1) is 9.01. The van der Waals surface area contributed by atoms with Crippen molar-refractivity contribution >= 4 is 12.0 Å². The number of nitrogens with zero attached hydrogens (tertiary/aromatic N) is 2. The first-order valence-corrected chi connectivity index (χ1v) is 7.10. The summed E-state index contributed by atoms with van der Waals surface area (Å²) in [6.07, 6.45) is 2.18. The highest BCUT2D eigenvalue weighted by Crippen LogP contribution is 2.18. The number of ether oxygens (including phenoxy) is 1. The van der Waals surface area contributed by atoms with E-state index < -0.39 is 0 Å². The molecule has 2 fully saturated rings. The first-order valence-electron chi connectivity index (χ1n) is 7.10. The second-order valence-corrected chi connectivity index (χ2v) is 5.35. The van der Waals surface area contributed by atoms with Gasteiger partial charge in [-0.3, -0.25) is 4.79 Å². The average Bonchev–Trinajstić information content (AvgIpc) is 2.26. The number of methoxy groups -OCH3 is 1.